The average Bonchev–Trinajstić information content (AvgIpc) is 3.37. The highest BCUT2D eigenvalue weighted by atomic mass is 35.5. The molecule has 0 aromatic heterocycles. The fourth-order valence-electron chi connectivity index (χ4n) is 5.38. The molecule has 1 aromatic carbocycles. The van der Waals surface area contributed by atoms with Gasteiger partial charge in [0.15, 0.2) is 5.78 Å². The van der Waals surface area contributed by atoms with Crippen molar-refractivity contribution in [3.05, 3.63) is 27.2 Å². The number of hydrogen-bond donors (Lipinski definition) is 0. The number of benzene rings is 1. The summed E-state index contributed by atoms with van der Waals surface area (Å²) >= 11 is 13.2. The molecule has 166 valence electrons. The van der Waals surface area contributed by atoms with E-state index >= 15 is 0 Å². The predicted octanol–water partition coefficient (Wildman–Crippen LogP) is 7.63. The second kappa shape index (κ2) is 11.0. The van der Waals surface area contributed by atoms with E-state index in [0.717, 1.165) is 76.1 Å². The van der Waals surface area contributed by atoms with Gasteiger partial charge in [0.1, 0.15) is 17.1 Å². The van der Waals surface area contributed by atoms with E-state index in [0.29, 0.717) is 40.3 Å². The third kappa shape index (κ3) is 4.88. The lowest BCUT2D eigenvalue weighted by Crippen LogP contribution is -2.35. The molecule has 0 heterocycles. The second-order valence-corrected chi connectivity index (χ2v) is 9.76. The van der Waals surface area contributed by atoms with Crippen LogP contribution in [0.1, 0.15) is 99.9 Å². The molecular formula is C25H34Cl2O3. The van der Waals surface area contributed by atoms with Crippen molar-refractivity contribution in [3.63, 3.8) is 0 Å². The van der Waals surface area contributed by atoms with Crippen molar-refractivity contribution in [1.29, 1.82) is 0 Å². The van der Waals surface area contributed by atoms with Crippen LogP contribution >= 0.6 is 23.2 Å². The summed E-state index contributed by atoms with van der Waals surface area (Å²) in [5.74, 6) is 1.26. The van der Waals surface area contributed by atoms with Crippen molar-refractivity contribution < 1.29 is 14.3 Å². The number of carbonyl (C=O) groups is 2. The zero-order valence-electron chi connectivity index (χ0n) is 18.1. The smallest absolute Gasteiger partial charge is 0.171 e. The van der Waals surface area contributed by atoms with Crippen LogP contribution in [0.5, 0.6) is 5.75 Å². The minimum atomic E-state index is -0.307. The SMILES string of the molecule is CCCCC1(C2CCCC2)Cc2cc(OCCCCCCC=O)c(Cl)c(Cl)c2C1=O. The number of ketones is 1. The molecule has 2 aliphatic carbocycles. The summed E-state index contributed by atoms with van der Waals surface area (Å²) in [5, 5.41) is 0.735. The summed E-state index contributed by atoms with van der Waals surface area (Å²) in [4.78, 5) is 24.0. The highest BCUT2D eigenvalue weighted by Crippen LogP contribution is 2.54. The zero-order valence-corrected chi connectivity index (χ0v) is 19.6. The zero-order chi connectivity index (χ0) is 21.6. The molecular weight excluding hydrogens is 419 g/mol. The van der Waals surface area contributed by atoms with Crippen molar-refractivity contribution in [3.8, 4) is 5.75 Å². The summed E-state index contributed by atoms with van der Waals surface area (Å²) in [6.45, 7) is 2.75. The number of unbranched alkanes of at least 4 members (excludes halogenated alkanes) is 5. The van der Waals surface area contributed by atoms with Gasteiger partial charge >= 0.3 is 0 Å². The molecule has 1 unspecified atom stereocenters. The first-order chi connectivity index (χ1) is 14.5. The lowest BCUT2D eigenvalue weighted by molar-refractivity contribution is -0.107. The maximum Gasteiger partial charge on any atom is 0.171 e. The number of rotatable bonds is 12. The molecule has 0 N–H and O–H groups in total. The predicted molar refractivity (Wildman–Crippen MR) is 123 cm³/mol. The number of aldehydes is 1. The molecule has 5 heteroatoms. The first kappa shape index (κ1) is 23.6. The van der Waals surface area contributed by atoms with Gasteiger partial charge in [0, 0.05) is 17.4 Å². The van der Waals surface area contributed by atoms with E-state index in [1.807, 2.05) is 6.07 Å². The summed E-state index contributed by atoms with van der Waals surface area (Å²) in [6.07, 6.45) is 14.1. The third-order valence-electron chi connectivity index (χ3n) is 7.03. The van der Waals surface area contributed by atoms with Crippen LogP contribution in [0.2, 0.25) is 10.0 Å². The van der Waals surface area contributed by atoms with Crippen LogP contribution in [0.3, 0.4) is 0 Å². The van der Waals surface area contributed by atoms with Crippen LogP contribution in [0, 0.1) is 11.3 Å². The average molecular weight is 453 g/mol. The van der Waals surface area contributed by atoms with Crippen LogP contribution in [0.15, 0.2) is 6.07 Å². The molecule has 0 saturated heterocycles. The maximum atomic E-state index is 13.7. The number of fused-ring (bicyclic) bond motifs is 1. The number of hydrogen-bond acceptors (Lipinski definition) is 3. The van der Waals surface area contributed by atoms with Gasteiger partial charge in [-0.15, -0.1) is 0 Å². The molecule has 0 bridgehead atoms. The Hall–Kier alpha value is -1.06. The molecule has 30 heavy (non-hydrogen) atoms. The number of ether oxygens (including phenoxy) is 1. The van der Waals surface area contributed by atoms with E-state index in [-0.39, 0.29) is 11.2 Å². The Bertz CT molecular complexity index is 755. The van der Waals surface area contributed by atoms with Gasteiger partial charge in [-0.3, -0.25) is 4.79 Å². The van der Waals surface area contributed by atoms with Gasteiger partial charge in [0.2, 0.25) is 0 Å². The molecule has 0 spiro atoms. The monoisotopic (exact) mass is 452 g/mol. The molecule has 3 nitrogen and oxygen atoms in total. The van der Waals surface area contributed by atoms with Gasteiger partial charge in [0.05, 0.1) is 11.6 Å². The van der Waals surface area contributed by atoms with E-state index in [4.69, 9.17) is 27.9 Å². The van der Waals surface area contributed by atoms with Gasteiger partial charge in [-0.25, -0.2) is 0 Å². The lowest BCUT2D eigenvalue weighted by Gasteiger charge is -2.34. The summed E-state index contributed by atoms with van der Waals surface area (Å²) in [5.41, 5.74) is 1.35. The fourth-order valence-corrected chi connectivity index (χ4v) is 5.89. The van der Waals surface area contributed by atoms with Crippen molar-refractivity contribution in [2.75, 3.05) is 6.61 Å². The van der Waals surface area contributed by atoms with E-state index in [1.54, 1.807) is 0 Å². The Kier molecular flexibility index (Phi) is 8.65. The second-order valence-electron chi connectivity index (χ2n) is 9.00. The first-order valence-corrected chi connectivity index (χ1v) is 12.4. The number of halogens is 2. The van der Waals surface area contributed by atoms with E-state index in [1.165, 1.54) is 12.8 Å². The lowest BCUT2D eigenvalue weighted by atomic mass is 9.68. The minimum absolute atomic E-state index is 0.214. The molecule has 3 rings (SSSR count). The molecule has 0 radical (unpaired) electrons. The van der Waals surface area contributed by atoms with Crippen molar-refractivity contribution in [2.45, 2.75) is 90.4 Å². The topological polar surface area (TPSA) is 43.4 Å². The fraction of sp³-hybridized carbons (Fsp3) is 0.680. The summed E-state index contributed by atoms with van der Waals surface area (Å²) in [7, 11) is 0. The molecule has 1 aromatic rings. The van der Waals surface area contributed by atoms with Crippen molar-refractivity contribution >= 4 is 35.3 Å². The normalized spacial score (nSPS) is 21.2. The van der Waals surface area contributed by atoms with E-state index in [2.05, 4.69) is 6.92 Å². The molecule has 0 amide bonds. The Morgan fingerprint density at radius 3 is 2.53 bits per heavy atom. The maximum absolute atomic E-state index is 13.7. The summed E-state index contributed by atoms with van der Waals surface area (Å²) in [6, 6.07) is 1.97. The molecule has 1 atom stereocenters. The first-order valence-electron chi connectivity index (χ1n) is 11.7. The van der Waals surface area contributed by atoms with Gasteiger partial charge in [-0.2, -0.15) is 0 Å². The summed E-state index contributed by atoms with van der Waals surface area (Å²) < 4.78 is 5.96. The van der Waals surface area contributed by atoms with Crippen LogP contribution in [-0.2, 0) is 11.2 Å². The van der Waals surface area contributed by atoms with Crippen LogP contribution < -0.4 is 4.74 Å². The largest absolute Gasteiger partial charge is 0.492 e. The Morgan fingerprint density at radius 2 is 1.83 bits per heavy atom. The molecule has 0 aliphatic heterocycles. The Morgan fingerprint density at radius 1 is 1.10 bits per heavy atom. The van der Waals surface area contributed by atoms with Gasteiger partial charge in [0.25, 0.3) is 0 Å². The van der Waals surface area contributed by atoms with E-state index in [9.17, 15) is 9.59 Å². The minimum Gasteiger partial charge on any atom is -0.492 e. The van der Waals surface area contributed by atoms with Crippen LogP contribution in [0.4, 0.5) is 0 Å². The van der Waals surface area contributed by atoms with Crippen molar-refractivity contribution in [1.82, 2.24) is 0 Å². The van der Waals surface area contributed by atoms with Gasteiger partial charge < -0.3 is 9.53 Å². The highest BCUT2D eigenvalue weighted by molar-refractivity contribution is 6.45. The molecule has 1 saturated carbocycles. The van der Waals surface area contributed by atoms with Crippen LogP contribution in [0.25, 0.3) is 0 Å². The van der Waals surface area contributed by atoms with Crippen molar-refractivity contribution in [2.24, 2.45) is 11.3 Å². The number of Topliss-reactive ketones (excluding diaryl/α,β-unsaturated/α-hetero) is 1. The highest BCUT2D eigenvalue weighted by Gasteiger charge is 2.51. The Balaban J connectivity index is 1.74. The quantitative estimate of drug-likeness (QED) is 0.241. The van der Waals surface area contributed by atoms with E-state index < -0.39 is 0 Å². The third-order valence-corrected chi connectivity index (χ3v) is 7.88. The Labute approximate surface area is 190 Å². The van der Waals surface area contributed by atoms with Gasteiger partial charge in [-0.1, -0.05) is 68.7 Å². The molecule has 2 aliphatic rings. The number of carbonyl (C=O) groups excluding carboxylic acids is 2. The van der Waals surface area contributed by atoms with Gasteiger partial charge in [-0.05, 0) is 56.1 Å². The standard InChI is InChI=1S/C25H34Cl2O3/c1-2-3-13-25(19-11-7-8-12-19)17-18-16-20(22(26)23(27)21(18)24(25)29)30-15-10-6-4-5-9-14-28/h14,16,19H,2-13,15,17H2,1H3. The molecule has 1 fully saturated rings. The van der Waals surface area contributed by atoms with Crippen LogP contribution in [-0.4, -0.2) is 18.7 Å².